The molecule has 0 unspecified atom stereocenters. The van der Waals surface area contributed by atoms with Crippen molar-refractivity contribution in [2.45, 2.75) is 30.4 Å². The highest BCUT2D eigenvalue weighted by atomic mass is 32.2. The number of thioether (sulfide) groups is 1. The van der Waals surface area contributed by atoms with Gasteiger partial charge in [0.15, 0.2) is 0 Å². The Bertz CT molecular complexity index is 550. The van der Waals surface area contributed by atoms with E-state index in [1.165, 1.54) is 23.9 Å². The molecule has 0 saturated carbocycles. The number of amides is 1. The van der Waals surface area contributed by atoms with Gasteiger partial charge < -0.3 is 9.80 Å². The highest BCUT2D eigenvalue weighted by Gasteiger charge is 2.23. The lowest BCUT2D eigenvalue weighted by Gasteiger charge is -2.24. The Hall–Kier alpha value is -1.60. The molecule has 6 nitrogen and oxygen atoms in total. The summed E-state index contributed by atoms with van der Waals surface area (Å²) >= 11 is 1.45. The standard InChI is InChI=1S/C16H23N3O3S/c1-3-17-9-4-10-18(12-11-17)16(20)13(2)23-15-7-5-14(6-8-15)19(21)22/h5-8,13H,3-4,9-12H2,1-2H3/t13-/m1/s1. The zero-order valence-electron chi connectivity index (χ0n) is 13.6. The number of carbonyl (C=O) groups excluding carboxylic acids is 1. The molecule has 1 amide bonds. The second kappa shape index (κ2) is 8.31. The summed E-state index contributed by atoms with van der Waals surface area (Å²) in [5, 5.41) is 10.5. The minimum absolute atomic E-state index is 0.0699. The zero-order valence-corrected chi connectivity index (χ0v) is 14.4. The third-order valence-corrected chi connectivity index (χ3v) is 5.16. The molecule has 1 aliphatic rings. The van der Waals surface area contributed by atoms with Gasteiger partial charge in [0, 0.05) is 36.7 Å². The molecular formula is C16H23N3O3S. The third-order valence-electron chi connectivity index (χ3n) is 4.06. The van der Waals surface area contributed by atoms with Crippen LogP contribution in [0.25, 0.3) is 0 Å². The van der Waals surface area contributed by atoms with Crippen LogP contribution in [0.1, 0.15) is 20.3 Å². The van der Waals surface area contributed by atoms with Gasteiger partial charge in [0.2, 0.25) is 5.91 Å². The summed E-state index contributed by atoms with van der Waals surface area (Å²) in [6.45, 7) is 8.62. The molecule has 7 heteroatoms. The molecule has 23 heavy (non-hydrogen) atoms. The van der Waals surface area contributed by atoms with Crippen LogP contribution in [-0.2, 0) is 4.79 Å². The number of nitro groups is 1. The van der Waals surface area contributed by atoms with Gasteiger partial charge in [-0.15, -0.1) is 11.8 Å². The number of likely N-dealkylation sites (N-methyl/N-ethyl adjacent to an activating group) is 1. The number of rotatable bonds is 5. The molecule has 0 N–H and O–H groups in total. The van der Waals surface area contributed by atoms with Crippen LogP contribution in [0.4, 0.5) is 5.69 Å². The predicted octanol–water partition coefficient (Wildman–Crippen LogP) is 2.63. The van der Waals surface area contributed by atoms with Crippen LogP contribution >= 0.6 is 11.8 Å². The summed E-state index contributed by atoms with van der Waals surface area (Å²) in [7, 11) is 0. The number of benzene rings is 1. The first-order chi connectivity index (χ1) is 11.0. The van der Waals surface area contributed by atoms with E-state index in [2.05, 4.69) is 11.8 Å². The molecule has 1 aliphatic heterocycles. The zero-order chi connectivity index (χ0) is 16.8. The van der Waals surface area contributed by atoms with Crippen molar-refractivity contribution in [2.24, 2.45) is 0 Å². The average Bonchev–Trinajstić information content (AvgIpc) is 2.80. The van der Waals surface area contributed by atoms with Gasteiger partial charge in [0.25, 0.3) is 5.69 Å². The Balaban J connectivity index is 1.92. The van der Waals surface area contributed by atoms with Gasteiger partial charge in [-0.3, -0.25) is 14.9 Å². The van der Waals surface area contributed by atoms with E-state index in [4.69, 9.17) is 0 Å². The molecule has 0 aromatic heterocycles. The second-order valence-corrected chi connectivity index (χ2v) is 7.04. The van der Waals surface area contributed by atoms with E-state index in [-0.39, 0.29) is 16.8 Å². The van der Waals surface area contributed by atoms with Crippen LogP contribution < -0.4 is 0 Å². The van der Waals surface area contributed by atoms with Gasteiger partial charge in [0.05, 0.1) is 10.2 Å². The van der Waals surface area contributed by atoms with Gasteiger partial charge in [-0.2, -0.15) is 0 Å². The summed E-state index contributed by atoms with van der Waals surface area (Å²) < 4.78 is 0. The Labute approximate surface area is 141 Å². The first-order valence-electron chi connectivity index (χ1n) is 7.93. The van der Waals surface area contributed by atoms with Crippen LogP contribution in [0, 0.1) is 10.1 Å². The summed E-state index contributed by atoms with van der Waals surface area (Å²) in [6, 6.07) is 6.36. The quantitative estimate of drug-likeness (QED) is 0.469. The third kappa shape index (κ3) is 4.94. The molecule has 0 radical (unpaired) electrons. The molecular weight excluding hydrogens is 314 g/mol. The van der Waals surface area contributed by atoms with E-state index in [1.54, 1.807) is 12.1 Å². The second-order valence-electron chi connectivity index (χ2n) is 5.62. The maximum Gasteiger partial charge on any atom is 0.269 e. The van der Waals surface area contributed by atoms with E-state index in [0.717, 1.165) is 44.0 Å². The van der Waals surface area contributed by atoms with Crippen LogP contribution in [0.3, 0.4) is 0 Å². The number of nitrogens with zero attached hydrogens (tertiary/aromatic N) is 3. The van der Waals surface area contributed by atoms with Crippen LogP contribution in [0.2, 0.25) is 0 Å². The van der Waals surface area contributed by atoms with Crippen molar-refractivity contribution < 1.29 is 9.72 Å². The van der Waals surface area contributed by atoms with E-state index >= 15 is 0 Å². The lowest BCUT2D eigenvalue weighted by Crippen LogP contribution is -2.39. The van der Waals surface area contributed by atoms with Crippen LogP contribution in [-0.4, -0.2) is 58.6 Å². The van der Waals surface area contributed by atoms with Crippen LogP contribution in [0.5, 0.6) is 0 Å². The molecule has 126 valence electrons. The van der Waals surface area contributed by atoms with Gasteiger partial charge in [0.1, 0.15) is 0 Å². The Morgan fingerprint density at radius 2 is 1.96 bits per heavy atom. The SMILES string of the molecule is CCN1CCCN(C(=O)[C@@H](C)Sc2ccc([N+](=O)[O-])cc2)CC1. The maximum atomic E-state index is 12.6. The molecule has 1 aromatic carbocycles. The average molecular weight is 337 g/mol. The summed E-state index contributed by atoms with van der Waals surface area (Å²) in [5.74, 6) is 0.145. The Kier molecular flexibility index (Phi) is 6.41. The molecule has 0 spiro atoms. The Morgan fingerprint density at radius 1 is 1.26 bits per heavy atom. The largest absolute Gasteiger partial charge is 0.340 e. The fourth-order valence-corrected chi connectivity index (χ4v) is 3.62. The maximum absolute atomic E-state index is 12.6. The number of non-ortho nitro benzene ring substituents is 1. The van der Waals surface area contributed by atoms with Crippen molar-refractivity contribution in [2.75, 3.05) is 32.7 Å². The molecule has 1 atom stereocenters. The predicted molar refractivity (Wildman–Crippen MR) is 91.7 cm³/mol. The lowest BCUT2D eigenvalue weighted by atomic mass is 10.3. The molecule has 1 saturated heterocycles. The first kappa shape index (κ1) is 17.7. The fraction of sp³-hybridized carbons (Fsp3) is 0.562. The first-order valence-corrected chi connectivity index (χ1v) is 8.81. The number of nitro benzene ring substituents is 1. The Morgan fingerprint density at radius 3 is 2.57 bits per heavy atom. The van der Waals surface area contributed by atoms with Crippen molar-refractivity contribution in [1.82, 2.24) is 9.80 Å². The number of carbonyl (C=O) groups is 1. The number of hydrogen-bond donors (Lipinski definition) is 0. The fourth-order valence-electron chi connectivity index (χ4n) is 2.67. The molecule has 0 aliphatic carbocycles. The van der Waals surface area contributed by atoms with Gasteiger partial charge in [-0.05, 0) is 38.6 Å². The van der Waals surface area contributed by atoms with Crippen molar-refractivity contribution >= 4 is 23.4 Å². The van der Waals surface area contributed by atoms with E-state index in [1.807, 2.05) is 11.8 Å². The van der Waals surface area contributed by atoms with Crippen molar-refractivity contribution in [3.63, 3.8) is 0 Å². The summed E-state index contributed by atoms with van der Waals surface area (Å²) in [4.78, 5) is 28.0. The lowest BCUT2D eigenvalue weighted by molar-refractivity contribution is -0.384. The number of hydrogen-bond acceptors (Lipinski definition) is 5. The van der Waals surface area contributed by atoms with Crippen molar-refractivity contribution in [3.05, 3.63) is 34.4 Å². The normalized spacial score (nSPS) is 17.6. The van der Waals surface area contributed by atoms with E-state index in [0.29, 0.717) is 0 Å². The topological polar surface area (TPSA) is 66.7 Å². The minimum atomic E-state index is -0.417. The molecule has 1 aromatic rings. The van der Waals surface area contributed by atoms with E-state index in [9.17, 15) is 14.9 Å². The highest BCUT2D eigenvalue weighted by Crippen LogP contribution is 2.26. The van der Waals surface area contributed by atoms with Gasteiger partial charge in [-0.1, -0.05) is 6.92 Å². The summed E-state index contributed by atoms with van der Waals surface area (Å²) in [6.07, 6.45) is 1.01. The van der Waals surface area contributed by atoms with Crippen molar-refractivity contribution in [3.8, 4) is 0 Å². The van der Waals surface area contributed by atoms with E-state index < -0.39 is 4.92 Å². The van der Waals surface area contributed by atoms with Gasteiger partial charge >= 0.3 is 0 Å². The minimum Gasteiger partial charge on any atom is -0.340 e. The van der Waals surface area contributed by atoms with Gasteiger partial charge in [-0.25, -0.2) is 0 Å². The van der Waals surface area contributed by atoms with Crippen LogP contribution in [0.15, 0.2) is 29.2 Å². The highest BCUT2D eigenvalue weighted by molar-refractivity contribution is 8.00. The van der Waals surface area contributed by atoms with Crippen molar-refractivity contribution in [1.29, 1.82) is 0 Å². The molecule has 1 fully saturated rings. The molecule has 2 rings (SSSR count). The molecule has 1 heterocycles. The smallest absolute Gasteiger partial charge is 0.269 e. The molecule has 0 bridgehead atoms. The monoisotopic (exact) mass is 337 g/mol. The summed E-state index contributed by atoms with van der Waals surface area (Å²) in [5.41, 5.74) is 0.0699.